The average molecular weight is 439 g/mol. The highest BCUT2D eigenvalue weighted by Crippen LogP contribution is 2.34. The second-order valence-electron chi connectivity index (χ2n) is 7.45. The number of rotatable bonds is 6. The smallest absolute Gasteiger partial charge is 0.152 e. The second kappa shape index (κ2) is 8.17. The van der Waals surface area contributed by atoms with Gasteiger partial charge in [-0.15, -0.1) is 0 Å². The lowest BCUT2D eigenvalue weighted by atomic mass is 10.2. The highest BCUT2D eigenvalue weighted by Gasteiger charge is 2.28. The summed E-state index contributed by atoms with van der Waals surface area (Å²) in [6.07, 6.45) is 0. The van der Waals surface area contributed by atoms with Gasteiger partial charge in [0.05, 0.1) is 41.6 Å². The summed E-state index contributed by atoms with van der Waals surface area (Å²) in [5, 5.41) is 11.2. The van der Waals surface area contributed by atoms with Crippen LogP contribution in [0.3, 0.4) is 0 Å². The van der Waals surface area contributed by atoms with Crippen molar-refractivity contribution in [2.45, 2.75) is 5.25 Å². The molecule has 3 heterocycles. The first-order valence-corrected chi connectivity index (χ1v) is 12.3. The third-order valence-corrected chi connectivity index (χ3v) is 8.13. The number of nitrogens with two attached hydrogens (primary N) is 1. The number of hydrogen-bond donors (Lipinski definition) is 2. The normalized spacial score (nSPS) is 22.1. The third kappa shape index (κ3) is 4.40. The number of anilines is 1. The molecule has 29 heavy (non-hydrogen) atoms. The molecule has 158 valence electrons. The quantitative estimate of drug-likeness (QED) is 0.640. The first-order valence-electron chi connectivity index (χ1n) is 9.63. The molecule has 0 radical (unpaired) electrons. The van der Waals surface area contributed by atoms with Crippen molar-refractivity contribution in [3.63, 3.8) is 0 Å². The zero-order valence-electron chi connectivity index (χ0n) is 16.4. The van der Waals surface area contributed by atoms with Gasteiger partial charge in [0.15, 0.2) is 9.84 Å². The van der Waals surface area contributed by atoms with Crippen LogP contribution in [0.4, 0.5) is 5.69 Å². The van der Waals surface area contributed by atoms with Crippen molar-refractivity contribution in [3.05, 3.63) is 23.9 Å². The van der Waals surface area contributed by atoms with Crippen LogP contribution < -0.4 is 10.5 Å². The van der Waals surface area contributed by atoms with Crippen LogP contribution in [0, 0.1) is 0 Å². The summed E-state index contributed by atoms with van der Waals surface area (Å²) >= 11 is 1.74. The van der Waals surface area contributed by atoms with Crippen molar-refractivity contribution < 1.29 is 18.3 Å². The Balaban J connectivity index is 1.47. The van der Waals surface area contributed by atoms with Gasteiger partial charge in [-0.05, 0) is 12.1 Å². The van der Waals surface area contributed by atoms with Gasteiger partial charge in [0.1, 0.15) is 17.4 Å². The van der Waals surface area contributed by atoms with Crippen molar-refractivity contribution in [3.8, 4) is 5.75 Å². The van der Waals surface area contributed by atoms with Crippen molar-refractivity contribution in [2.75, 3.05) is 56.6 Å². The van der Waals surface area contributed by atoms with Crippen LogP contribution in [0.2, 0.25) is 0 Å². The molecule has 3 N–H and O–H groups in total. The summed E-state index contributed by atoms with van der Waals surface area (Å²) in [5.74, 6) is 1.14. The molecule has 1 saturated heterocycles. The van der Waals surface area contributed by atoms with Gasteiger partial charge in [-0.25, -0.2) is 8.42 Å². The fourth-order valence-electron chi connectivity index (χ4n) is 3.84. The largest absolute Gasteiger partial charge is 0.491 e. The number of aliphatic imine (C=N–C) groups is 1. The Hall–Kier alpha value is -1.75. The molecule has 0 amide bonds. The minimum absolute atomic E-state index is 0.0459. The minimum Gasteiger partial charge on any atom is -0.491 e. The lowest BCUT2D eigenvalue weighted by Gasteiger charge is -2.28. The predicted molar refractivity (Wildman–Crippen MR) is 118 cm³/mol. The number of fused-ring (bicyclic) bond motifs is 1. The fraction of sp³-hybridized carbons (Fsp3) is 0.526. The lowest BCUT2D eigenvalue weighted by Crippen LogP contribution is -2.43. The standard InChI is InChI=1S/C19H26N4O4S2/c1-22-17(9-13-8-14(27-5-4-24)10-16(20)18(13)22)19-21-11-15(28-19)12-23-2-6-29(25,26)7-3-23/h8-10,15,24H,2-7,11-12,20H2,1H3. The van der Waals surface area contributed by atoms with Gasteiger partial charge in [-0.3, -0.25) is 4.99 Å². The van der Waals surface area contributed by atoms with E-state index in [9.17, 15) is 8.42 Å². The van der Waals surface area contributed by atoms with Crippen molar-refractivity contribution in [2.24, 2.45) is 12.0 Å². The number of aryl methyl sites for hydroxylation is 1. The molecule has 2 aliphatic rings. The van der Waals surface area contributed by atoms with Crippen molar-refractivity contribution in [1.29, 1.82) is 0 Å². The summed E-state index contributed by atoms with van der Waals surface area (Å²) in [6, 6.07) is 5.77. The molecule has 0 saturated carbocycles. The van der Waals surface area contributed by atoms with E-state index < -0.39 is 9.84 Å². The number of hydrogen-bond acceptors (Lipinski definition) is 8. The van der Waals surface area contributed by atoms with E-state index in [4.69, 9.17) is 20.6 Å². The highest BCUT2D eigenvalue weighted by molar-refractivity contribution is 8.15. The summed E-state index contributed by atoms with van der Waals surface area (Å²) in [5.41, 5.74) is 8.82. The van der Waals surface area contributed by atoms with E-state index in [0.29, 0.717) is 29.8 Å². The van der Waals surface area contributed by atoms with E-state index in [1.54, 1.807) is 17.8 Å². The highest BCUT2D eigenvalue weighted by atomic mass is 32.2. The van der Waals surface area contributed by atoms with E-state index in [2.05, 4.69) is 15.5 Å². The van der Waals surface area contributed by atoms with Crippen LogP contribution in [-0.4, -0.2) is 84.2 Å². The summed E-state index contributed by atoms with van der Waals surface area (Å²) < 4.78 is 30.8. The van der Waals surface area contributed by atoms with E-state index in [1.165, 1.54) is 0 Å². The molecule has 2 aliphatic heterocycles. The van der Waals surface area contributed by atoms with Crippen LogP contribution in [0.15, 0.2) is 23.2 Å². The van der Waals surface area contributed by atoms with Crippen molar-refractivity contribution >= 4 is 43.2 Å². The number of aliphatic hydroxyl groups is 1. The third-order valence-electron chi connectivity index (χ3n) is 5.33. The Morgan fingerprint density at radius 1 is 1.31 bits per heavy atom. The number of ether oxygens (including phenoxy) is 1. The SMILES string of the molecule is Cn1c(C2=NCC(CN3CCS(=O)(=O)CC3)S2)cc2cc(OCCO)cc(N)c21. The number of thioether (sulfide) groups is 1. The molecular formula is C19H26N4O4S2. The monoisotopic (exact) mass is 438 g/mol. The van der Waals surface area contributed by atoms with Gasteiger partial charge >= 0.3 is 0 Å². The molecule has 0 aliphatic carbocycles. The van der Waals surface area contributed by atoms with Crippen LogP contribution in [-0.2, 0) is 16.9 Å². The molecule has 0 spiro atoms. The van der Waals surface area contributed by atoms with E-state index in [0.717, 1.165) is 34.7 Å². The topological polar surface area (TPSA) is 110 Å². The Morgan fingerprint density at radius 3 is 2.79 bits per heavy atom. The Labute approximate surface area is 174 Å². The Morgan fingerprint density at radius 2 is 2.07 bits per heavy atom. The maximum Gasteiger partial charge on any atom is 0.152 e. The Kier molecular flexibility index (Phi) is 5.78. The molecule has 1 atom stereocenters. The zero-order valence-corrected chi connectivity index (χ0v) is 18.0. The van der Waals surface area contributed by atoms with Gasteiger partial charge < -0.3 is 25.0 Å². The molecular weight excluding hydrogens is 412 g/mol. The molecule has 4 rings (SSSR count). The summed E-state index contributed by atoms with van der Waals surface area (Å²) in [4.78, 5) is 6.97. The predicted octanol–water partition coefficient (Wildman–Crippen LogP) is 0.724. The minimum atomic E-state index is -2.85. The molecule has 0 bridgehead atoms. The van der Waals surface area contributed by atoms with Crippen LogP contribution in [0.1, 0.15) is 5.69 Å². The zero-order chi connectivity index (χ0) is 20.6. The van der Waals surface area contributed by atoms with Gasteiger partial charge in [-0.1, -0.05) is 11.8 Å². The number of nitrogen functional groups attached to an aromatic ring is 1. The first-order chi connectivity index (χ1) is 13.9. The van der Waals surface area contributed by atoms with Crippen LogP contribution in [0.25, 0.3) is 10.9 Å². The van der Waals surface area contributed by atoms with E-state index in [1.807, 2.05) is 13.1 Å². The van der Waals surface area contributed by atoms with Gasteiger partial charge in [-0.2, -0.15) is 0 Å². The van der Waals surface area contributed by atoms with E-state index in [-0.39, 0.29) is 24.7 Å². The molecule has 1 aromatic heterocycles. The van der Waals surface area contributed by atoms with Crippen LogP contribution >= 0.6 is 11.8 Å². The van der Waals surface area contributed by atoms with Crippen molar-refractivity contribution in [1.82, 2.24) is 9.47 Å². The number of benzene rings is 1. The van der Waals surface area contributed by atoms with Gasteiger partial charge in [0.2, 0.25) is 0 Å². The number of sulfone groups is 1. The molecule has 1 fully saturated rings. The first kappa shape index (κ1) is 20.5. The van der Waals surface area contributed by atoms with Gasteiger partial charge in [0, 0.05) is 43.4 Å². The second-order valence-corrected chi connectivity index (χ2v) is 11.0. The molecule has 2 aromatic rings. The molecule has 1 unspecified atom stereocenters. The number of aromatic nitrogens is 1. The summed E-state index contributed by atoms with van der Waals surface area (Å²) in [6.45, 7) is 2.97. The average Bonchev–Trinajstić information content (AvgIpc) is 3.26. The number of nitrogens with zero attached hydrogens (tertiary/aromatic N) is 3. The number of aliphatic hydroxyl groups excluding tert-OH is 1. The molecule has 10 heteroatoms. The van der Waals surface area contributed by atoms with E-state index >= 15 is 0 Å². The lowest BCUT2D eigenvalue weighted by molar-refractivity contribution is 0.201. The maximum absolute atomic E-state index is 11.6. The van der Waals surface area contributed by atoms with Crippen LogP contribution in [0.5, 0.6) is 5.75 Å². The summed E-state index contributed by atoms with van der Waals surface area (Å²) in [7, 11) is -0.873. The maximum atomic E-state index is 11.6. The molecule has 1 aromatic carbocycles. The van der Waals surface area contributed by atoms with Gasteiger partial charge in [0.25, 0.3) is 0 Å². The fourth-order valence-corrected chi connectivity index (χ4v) is 6.33. The molecule has 8 nitrogen and oxygen atoms in total. The Bertz CT molecular complexity index is 1030.